The summed E-state index contributed by atoms with van der Waals surface area (Å²) in [5.74, 6) is 1.15. The fourth-order valence-corrected chi connectivity index (χ4v) is 5.15. The molecule has 0 saturated carbocycles. The predicted octanol–water partition coefficient (Wildman–Crippen LogP) is 4.82. The van der Waals surface area contributed by atoms with Crippen molar-refractivity contribution in [2.24, 2.45) is 5.10 Å². The molecule has 0 aliphatic carbocycles. The van der Waals surface area contributed by atoms with E-state index in [9.17, 15) is 9.36 Å². The van der Waals surface area contributed by atoms with Gasteiger partial charge in [-0.1, -0.05) is 6.92 Å². The fourth-order valence-electron chi connectivity index (χ4n) is 1.69. The van der Waals surface area contributed by atoms with Gasteiger partial charge in [0.25, 0.3) is 0 Å². The lowest BCUT2D eigenvalue weighted by Gasteiger charge is -2.17. The van der Waals surface area contributed by atoms with E-state index in [1.807, 2.05) is 6.92 Å². The molecule has 1 aromatic carbocycles. The molecule has 140 valence electrons. The standard InChI is InChI=1S/C16H25N2O5PS/c1-5-12-25-24(20,22-7-3)23-15-10-8-14(9-11-15)13(4)17-18-16(19)21-6-2/h8-11H,5-7,12H2,1-4H3,(H,18,19). The molecule has 0 aromatic heterocycles. The SMILES string of the molecule is CCCSP(=O)(OCC)Oc1ccc(C(C)=NNC(=O)OCC)cc1. The lowest BCUT2D eigenvalue weighted by atomic mass is 10.1. The first-order chi connectivity index (χ1) is 11.9. The number of hydrogen-bond donors (Lipinski definition) is 1. The summed E-state index contributed by atoms with van der Waals surface area (Å²) in [5, 5.41) is 3.95. The molecule has 1 amide bonds. The molecule has 1 N–H and O–H groups in total. The Morgan fingerprint density at radius 1 is 1.20 bits per heavy atom. The number of amides is 1. The fraction of sp³-hybridized carbons (Fsp3) is 0.500. The minimum absolute atomic E-state index is 0.280. The summed E-state index contributed by atoms with van der Waals surface area (Å²) in [6, 6.07) is 6.91. The van der Waals surface area contributed by atoms with Crippen molar-refractivity contribution >= 4 is 30.0 Å². The zero-order chi connectivity index (χ0) is 18.7. The Bertz CT molecular complexity index is 621. The molecule has 0 heterocycles. The second-order valence-electron chi connectivity index (χ2n) is 4.84. The van der Waals surface area contributed by atoms with Crippen LogP contribution < -0.4 is 9.95 Å². The maximum Gasteiger partial charge on any atom is 0.440 e. The Morgan fingerprint density at radius 2 is 1.88 bits per heavy atom. The van der Waals surface area contributed by atoms with Crippen LogP contribution in [0.3, 0.4) is 0 Å². The quantitative estimate of drug-likeness (QED) is 0.351. The zero-order valence-electron chi connectivity index (χ0n) is 15.0. The Morgan fingerprint density at radius 3 is 2.44 bits per heavy atom. The number of ether oxygens (including phenoxy) is 1. The summed E-state index contributed by atoms with van der Waals surface area (Å²) in [6.07, 6.45) is 0.278. The van der Waals surface area contributed by atoms with E-state index in [-0.39, 0.29) is 6.61 Å². The van der Waals surface area contributed by atoms with Gasteiger partial charge in [-0.2, -0.15) is 5.10 Å². The van der Waals surface area contributed by atoms with E-state index in [1.165, 1.54) is 11.4 Å². The number of carbonyl (C=O) groups is 1. The highest BCUT2D eigenvalue weighted by Gasteiger charge is 2.26. The molecule has 0 saturated heterocycles. The number of carbonyl (C=O) groups excluding carboxylic acids is 1. The van der Waals surface area contributed by atoms with Crippen LogP contribution in [0.15, 0.2) is 29.4 Å². The molecule has 0 radical (unpaired) electrons. The molecule has 1 aromatic rings. The summed E-state index contributed by atoms with van der Waals surface area (Å²) in [6.45, 7) is 4.64. The normalized spacial score (nSPS) is 13.8. The average Bonchev–Trinajstić information content (AvgIpc) is 2.59. The third-order valence-electron chi connectivity index (χ3n) is 2.82. The lowest BCUT2D eigenvalue weighted by molar-refractivity contribution is 0.152. The summed E-state index contributed by atoms with van der Waals surface area (Å²) < 4.78 is 28.3. The van der Waals surface area contributed by atoms with Crippen LogP contribution in [0.1, 0.15) is 39.7 Å². The average molecular weight is 388 g/mol. The van der Waals surface area contributed by atoms with Gasteiger partial charge < -0.3 is 9.26 Å². The number of hydrogen-bond acceptors (Lipinski definition) is 7. The number of nitrogens with zero attached hydrogens (tertiary/aromatic N) is 1. The van der Waals surface area contributed by atoms with Crippen molar-refractivity contribution in [3.05, 3.63) is 29.8 Å². The van der Waals surface area contributed by atoms with Crippen LogP contribution in [0.5, 0.6) is 5.75 Å². The van der Waals surface area contributed by atoms with Crippen LogP contribution in [-0.2, 0) is 13.8 Å². The number of rotatable bonds is 10. The molecule has 1 unspecified atom stereocenters. The highest BCUT2D eigenvalue weighted by Crippen LogP contribution is 2.60. The molecule has 25 heavy (non-hydrogen) atoms. The summed E-state index contributed by atoms with van der Waals surface area (Å²) in [4.78, 5) is 11.2. The molecule has 1 rings (SSSR count). The maximum atomic E-state index is 12.6. The van der Waals surface area contributed by atoms with Gasteiger partial charge >= 0.3 is 12.9 Å². The number of hydrazone groups is 1. The Labute approximate surface area is 152 Å². The van der Waals surface area contributed by atoms with Crippen molar-refractivity contribution in [3.63, 3.8) is 0 Å². The van der Waals surface area contributed by atoms with E-state index in [2.05, 4.69) is 10.5 Å². The van der Waals surface area contributed by atoms with Crippen molar-refractivity contribution in [1.29, 1.82) is 0 Å². The third-order valence-corrected chi connectivity index (χ3v) is 6.77. The van der Waals surface area contributed by atoms with Crippen LogP contribution in [0.2, 0.25) is 0 Å². The molecule has 0 bridgehead atoms. The first-order valence-electron chi connectivity index (χ1n) is 8.10. The van der Waals surface area contributed by atoms with Gasteiger partial charge in [0.05, 0.1) is 18.9 Å². The van der Waals surface area contributed by atoms with Gasteiger partial charge in [-0.15, -0.1) is 0 Å². The van der Waals surface area contributed by atoms with E-state index >= 15 is 0 Å². The molecule has 0 aliphatic rings. The van der Waals surface area contributed by atoms with Gasteiger partial charge in [0.2, 0.25) is 0 Å². The topological polar surface area (TPSA) is 86.2 Å². The monoisotopic (exact) mass is 388 g/mol. The molecule has 0 aliphatic heterocycles. The highest BCUT2D eigenvalue weighted by atomic mass is 32.7. The minimum atomic E-state index is -3.22. The van der Waals surface area contributed by atoms with Gasteiger partial charge in [0.15, 0.2) is 0 Å². The molecular formula is C16H25N2O5PS. The lowest BCUT2D eigenvalue weighted by Crippen LogP contribution is -2.20. The summed E-state index contributed by atoms with van der Waals surface area (Å²) in [5.41, 5.74) is 3.70. The van der Waals surface area contributed by atoms with Crippen LogP contribution in [0.4, 0.5) is 4.79 Å². The van der Waals surface area contributed by atoms with E-state index in [4.69, 9.17) is 13.8 Å². The van der Waals surface area contributed by atoms with E-state index in [0.29, 0.717) is 23.8 Å². The third kappa shape index (κ3) is 7.94. The molecular weight excluding hydrogens is 363 g/mol. The van der Waals surface area contributed by atoms with E-state index < -0.39 is 12.9 Å². The maximum absolute atomic E-state index is 12.6. The second-order valence-corrected chi connectivity index (χ2v) is 8.96. The summed E-state index contributed by atoms with van der Waals surface area (Å²) in [7, 11) is 0. The van der Waals surface area contributed by atoms with Crippen LogP contribution in [0, 0.1) is 0 Å². The van der Waals surface area contributed by atoms with Crippen LogP contribution >= 0.6 is 18.2 Å². The van der Waals surface area contributed by atoms with Crippen LogP contribution in [0.25, 0.3) is 0 Å². The van der Waals surface area contributed by atoms with Crippen molar-refractivity contribution in [2.75, 3.05) is 19.0 Å². The molecule has 0 fully saturated rings. The Hall–Kier alpha value is -1.50. The van der Waals surface area contributed by atoms with Gasteiger partial charge in [0, 0.05) is 5.75 Å². The van der Waals surface area contributed by atoms with Crippen molar-refractivity contribution < 1.29 is 23.1 Å². The van der Waals surface area contributed by atoms with Gasteiger partial charge in [0.1, 0.15) is 5.75 Å². The van der Waals surface area contributed by atoms with Gasteiger partial charge in [-0.05, 0) is 68.4 Å². The number of benzene rings is 1. The first-order valence-corrected chi connectivity index (χ1v) is 11.2. The van der Waals surface area contributed by atoms with Crippen molar-refractivity contribution in [3.8, 4) is 5.75 Å². The first kappa shape index (κ1) is 21.5. The smallest absolute Gasteiger partial charge is 0.440 e. The predicted molar refractivity (Wildman–Crippen MR) is 101 cm³/mol. The second kappa shape index (κ2) is 11.2. The van der Waals surface area contributed by atoms with Crippen LogP contribution in [-0.4, -0.2) is 30.8 Å². The molecule has 1 atom stereocenters. The number of nitrogens with one attached hydrogen (secondary N) is 1. The van der Waals surface area contributed by atoms with Crippen molar-refractivity contribution in [2.45, 2.75) is 34.1 Å². The van der Waals surface area contributed by atoms with Gasteiger partial charge in [-0.25, -0.2) is 14.8 Å². The Kier molecular flexibility index (Phi) is 9.63. The summed E-state index contributed by atoms with van der Waals surface area (Å²) >= 11 is 1.20. The minimum Gasteiger partial charge on any atom is -0.449 e. The molecule has 7 nitrogen and oxygen atoms in total. The Balaban J connectivity index is 2.75. The molecule has 0 spiro atoms. The zero-order valence-corrected chi connectivity index (χ0v) is 16.7. The molecule has 9 heteroatoms. The van der Waals surface area contributed by atoms with Gasteiger partial charge in [-0.3, -0.25) is 4.52 Å². The van der Waals surface area contributed by atoms with Crippen molar-refractivity contribution in [1.82, 2.24) is 5.43 Å². The highest BCUT2D eigenvalue weighted by molar-refractivity contribution is 8.55. The largest absolute Gasteiger partial charge is 0.449 e. The van der Waals surface area contributed by atoms with E-state index in [1.54, 1.807) is 45.0 Å². The van der Waals surface area contributed by atoms with E-state index in [0.717, 1.165) is 12.0 Å².